The maximum atomic E-state index is 13.2. The number of Topliss-reactive ketones (excluding diaryl/α,β-unsaturated/α-hetero) is 2. The molecule has 2 N–H and O–H groups in total. The molecule has 10 nitrogen and oxygen atoms in total. The lowest BCUT2D eigenvalue weighted by atomic mass is 9.69. The zero-order chi connectivity index (χ0) is 24.5. The van der Waals surface area contributed by atoms with E-state index in [4.69, 9.17) is 8.97 Å². The third-order valence-corrected chi connectivity index (χ3v) is 7.96. The first kappa shape index (κ1) is 23.6. The summed E-state index contributed by atoms with van der Waals surface area (Å²) >= 11 is 0. The number of fused-ring (bicyclic) bond motifs is 5. The molecule has 0 saturated carbocycles. The van der Waals surface area contributed by atoms with Crippen LogP contribution in [-0.2, 0) is 32.3 Å². The monoisotopic (exact) mass is 497 g/mol. The summed E-state index contributed by atoms with van der Waals surface area (Å²) in [7, 11) is -9.60. The van der Waals surface area contributed by atoms with Crippen LogP contribution in [0.1, 0.15) is 64.1 Å². The maximum absolute atomic E-state index is 13.2. The van der Waals surface area contributed by atoms with Gasteiger partial charge in [-0.1, -0.05) is 26.0 Å². The highest BCUT2D eigenvalue weighted by Gasteiger charge is 2.42. The Balaban J connectivity index is 1.94. The van der Waals surface area contributed by atoms with Crippen molar-refractivity contribution < 1.29 is 39.9 Å². The number of furan rings is 1. The van der Waals surface area contributed by atoms with E-state index in [2.05, 4.69) is 13.8 Å². The molecule has 1 aromatic carbocycles. The van der Waals surface area contributed by atoms with Crippen LogP contribution in [0.5, 0.6) is 0 Å². The predicted octanol–water partition coefficient (Wildman–Crippen LogP) is 2.74. The van der Waals surface area contributed by atoms with Crippen molar-refractivity contribution in [3.05, 3.63) is 39.9 Å². The first-order chi connectivity index (χ1) is 15.1. The van der Waals surface area contributed by atoms with Crippen LogP contribution in [0, 0.1) is 6.92 Å². The quantitative estimate of drug-likeness (QED) is 0.468. The van der Waals surface area contributed by atoms with Crippen LogP contribution in [0.2, 0.25) is 0 Å². The number of ketones is 2. The lowest BCUT2D eigenvalue weighted by molar-refractivity contribution is 0.0813. The Morgan fingerprint density at radius 2 is 1.70 bits per heavy atom. The zero-order valence-corrected chi connectivity index (χ0v) is 19.8. The fourth-order valence-electron chi connectivity index (χ4n) is 4.78. The van der Waals surface area contributed by atoms with E-state index < -0.39 is 50.2 Å². The molecule has 0 unspecified atom stereocenters. The molecule has 2 aromatic rings. The molecule has 0 bridgehead atoms. The van der Waals surface area contributed by atoms with E-state index in [9.17, 15) is 31.0 Å². The van der Waals surface area contributed by atoms with Gasteiger partial charge in [0.05, 0.1) is 17.9 Å². The van der Waals surface area contributed by atoms with E-state index in [1.54, 1.807) is 6.07 Å². The second kappa shape index (κ2) is 7.49. The molecule has 0 fully saturated rings. The van der Waals surface area contributed by atoms with E-state index in [1.165, 1.54) is 6.92 Å². The average molecular weight is 498 g/mol. The van der Waals surface area contributed by atoms with E-state index in [-0.39, 0.29) is 32.2 Å². The number of carbonyl (C=O) groups excluding carboxylic acids is 2. The Kier molecular flexibility index (Phi) is 5.36. The molecule has 0 aliphatic heterocycles. The minimum Gasteiger partial charge on any atom is -0.438 e. The van der Waals surface area contributed by atoms with Crippen LogP contribution in [-0.4, -0.2) is 49.8 Å². The summed E-state index contributed by atoms with van der Waals surface area (Å²) in [4.78, 5) is 26.2. The minimum absolute atomic E-state index is 0.0196. The van der Waals surface area contributed by atoms with Gasteiger partial charge in [0.25, 0.3) is 10.1 Å². The fourth-order valence-corrected chi connectivity index (χ4v) is 6.02. The van der Waals surface area contributed by atoms with E-state index in [0.717, 1.165) is 24.0 Å². The number of nitrogens with zero attached hydrogens (tertiary/aromatic N) is 1. The standard InChI is InChI=1S/C21H23NO9S2/c1-11-15-17(23)18(24)16-12-5-4-8-21(2,3)14(12)7-6-13(16)19(15)31-20(11)22(33(28,29)30)9-10-32(25,26)27/h6-7H,4-5,8-10H2,1-3H3,(H,25,26,27)(H,28,29,30). The Bertz CT molecular complexity index is 1420. The van der Waals surface area contributed by atoms with E-state index in [1.807, 2.05) is 6.07 Å². The number of rotatable bonds is 5. The molecule has 4 rings (SSSR count). The van der Waals surface area contributed by atoms with Crippen molar-refractivity contribution >= 4 is 37.9 Å². The molecule has 0 saturated heterocycles. The van der Waals surface area contributed by atoms with Crippen LogP contribution in [0.25, 0.3) is 11.3 Å². The van der Waals surface area contributed by atoms with Crippen LogP contribution < -0.4 is 4.31 Å². The summed E-state index contributed by atoms with van der Waals surface area (Å²) in [6.45, 7) is 4.60. The first-order valence-electron chi connectivity index (χ1n) is 10.2. The van der Waals surface area contributed by atoms with Crippen molar-refractivity contribution in [1.82, 2.24) is 0 Å². The molecule has 33 heavy (non-hydrogen) atoms. The molecule has 0 radical (unpaired) electrons. The number of anilines is 1. The first-order valence-corrected chi connectivity index (χ1v) is 13.2. The van der Waals surface area contributed by atoms with Gasteiger partial charge < -0.3 is 4.42 Å². The predicted molar refractivity (Wildman–Crippen MR) is 119 cm³/mol. The minimum atomic E-state index is -5.03. The van der Waals surface area contributed by atoms with Crippen molar-refractivity contribution in [2.75, 3.05) is 16.6 Å². The Morgan fingerprint density at radius 3 is 2.30 bits per heavy atom. The molecule has 1 heterocycles. The third-order valence-electron chi connectivity index (χ3n) is 6.35. The Labute approximate surface area is 191 Å². The second-order valence-corrected chi connectivity index (χ2v) is 11.9. The van der Waals surface area contributed by atoms with Gasteiger partial charge in [-0.2, -0.15) is 16.8 Å². The van der Waals surface area contributed by atoms with Crippen LogP contribution >= 0.6 is 0 Å². The third kappa shape index (κ3) is 3.90. The number of benzene rings is 1. The van der Waals surface area contributed by atoms with Gasteiger partial charge in [0.2, 0.25) is 17.5 Å². The van der Waals surface area contributed by atoms with Gasteiger partial charge >= 0.3 is 10.3 Å². The maximum Gasteiger partial charge on any atom is 0.362 e. The van der Waals surface area contributed by atoms with Crippen LogP contribution in [0.3, 0.4) is 0 Å². The lowest BCUT2D eigenvalue weighted by Gasteiger charge is -2.34. The summed E-state index contributed by atoms with van der Waals surface area (Å²) in [5, 5.41) is 0. The molecule has 12 heteroatoms. The molecular weight excluding hydrogens is 474 g/mol. The normalized spacial score (nSPS) is 17.4. The van der Waals surface area contributed by atoms with E-state index in [0.29, 0.717) is 12.0 Å². The van der Waals surface area contributed by atoms with Crippen molar-refractivity contribution in [3.63, 3.8) is 0 Å². The van der Waals surface area contributed by atoms with Gasteiger partial charge in [-0.3, -0.25) is 18.7 Å². The highest BCUT2D eigenvalue weighted by Crippen LogP contribution is 2.47. The fraction of sp³-hybridized carbons (Fsp3) is 0.429. The summed E-state index contributed by atoms with van der Waals surface area (Å²) in [6.07, 6.45) is 2.36. The highest BCUT2D eigenvalue weighted by atomic mass is 32.2. The van der Waals surface area contributed by atoms with Gasteiger partial charge in [-0.15, -0.1) is 0 Å². The van der Waals surface area contributed by atoms with Crippen molar-refractivity contribution in [1.29, 1.82) is 0 Å². The molecule has 2 aliphatic rings. The summed E-state index contributed by atoms with van der Waals surface area (Å²) in [5.74, 6) is -3.14. The number of hydrogen-bond acceptors (Lipinski definition) is 7. The number of hydrogen-bond donors (Lipinski definition) is 2. The zero-order valence-electron chi connectivity index (χ0n) is 18.2. The smallest absolute Gasteiger partial charge is 0.362 e. The molecule has 0 spiro atoms. The van der Waals surface area contributed by atoms with Gasteiger partial charge in [-0.25, -0.2) is 4.31 Å². The Morgan fingerprint density at radius 1 is 1.06 bits per heavy atom. The topological polar surface area (TPSA) is 159 Å². The van der Waals surface area contributed by atoms with Crippen LogP contribution in [0.4, 0.5) is 5.88 Å². The summed E-state index contributed by atoms with van der Waals surface area (Å²) in [6, 6.07) is 3.53. The molecule has 0 amide bonds. The van der Waals surface area contributed by atoms with E-state index >= 15 is 0 Å². The molecule has 1 aromatic heterocycles. The molecule has 178 valence electrons. The SMILES string of the molecule is Cc1c(N(CCS(=O)(=O)O)S(=O)(=O)O)oc2c1C(=O)C(=O)c1c-2ccc2c1CCCC2(C)C. The molecule has 2 aliphatic carbocycles. The lowest BCUT2D eigenvalue weighted by Crippen LogP contribution is -2.35. The second-order valence-electron chi connectivity index (χ2n) is 8.98. The van der Waals surface area contributed by atoms with Crippen molar-refractivity contribution in [2.24, 2.45) is 0 Å². The van der Waals surface area contributed by atoms with Gasteiger partial charge in [0.15, 0.2) is 0 Å². The largest absolute Gasteiger partial charge is 0.438 e. The van der Waals surface area contributed by atoms with Crippen LogP contribution in [0.15, 0.2) is 16.5 Å². The van der Waals surface area contributed by atoms with Crippen molar-refractivity contribution in [2.45, 2.75) is 45.4 Å². The van der Waals surface area contributed by atoms with Crippen molar-refractivity contribution in [3.8, 4) is 11.3 Å². The molecule has 0 atom stereocenters. The van der Waals surface area contributed by atoms with Gasteiger partial charge in [-0.05, 0) is 42.7 Å². The molecular formula is C21H23NO9S2. The van der Waals surface area contributed by atoms with Gasteiger partial charge in [0.1, 0.15) is 5.76 Å². The Hall–Kier alpha value is -2.54. The summed E-state index contributed by atoms with van der Waals surface area (Å²) < 4.78 is 70.8. The summed E-state index contributed by atoms with van der Waals surface area (Å²) in [5.41, 5.74) is 1.93. The highest BCUT2D eigenvalue weighted by molar-refractivity contribution is 7.87. The van der Waals surface area contributed by atoms with Gasteiger partial charge in [0, 0.05) is 16.7 Å². The average Bonchev–Trinajstić information content (AvgIpc) is 3.00. The number of carbonyl (C=O) groups is 2.